The van der Waals surface area contributed by atoms with Crippen molar-refractivity contribution >= 4 is 22.0 Å². The highest BCUT2D eigenvalue weighted by atomic mass is 79.9. The van der Waals surface area contributed by atoms with Gasteiger partial charge in [0.1, 0.15) is 10.2 Å². The molecule has 0 unspecified atom stereocenters. The molecule has 1 saturated heterocycles. The van der Waals surface area contributed by atoms with Crippen molar-refractivity contribution in [3.8, 4) is 0 Å². The van der Waals surface area contributed by atoms with E-state index in [1.807, 2.05) is 32.9 Å². The summed E-state index contributed by atoms with van der Waals surface area (Å²) in [6, 6.07) is 3.90. The van der Waals surface area contributed by atoms with E-state index in [0.29, 0.717) is 19.7 Å². The van der Waals surface area contributed by atoms with E-state index in [1.165, 1.54) is 0 Å². The fourth-order valence-corrected chi connectivity index (χ4v) is 2.47. The van der Waals surface area contributed by atoms with Crippen LogP contribution in [0, 0.1) is 0 Å². The fourth-order valence-electron chi connectivity index (χ4n) is 2.24. The Labute approximate surface area is 140 Å². The maximum atomic E-state index is 12.0. The molecule has 0 aliphatic carbocycles. The first-order valence-electron chi connectivity index (χ1n) is 7.53. The number of amides is 1. The average molecular weight is 371 g/mol. The minimum absolute atomic E-state index is 0.183. The number of carbonyl (C=O) groups excluding carboxylic acids is 1. The van der Waals surface area contributed by atoms with Crippen LogP contribution in [0.2, 0.25) is 0 Å². The zero-order valence-electron chi connectivity index (χ0n) is 13.3. The van der Waals surface area contributed by atoms with E-state index in [2.05, 4.69) is 20.9 Å². The molecular weight excluding hydrogens is 348 g/mol. The lowest BCUT2D eigenvalue weighted by Gasteiger charge is -2.33. The third kappa shape index (κ3) is 5.57. The summed E-state index contributed by atoms with van der Waals surface area (Å²) in [7, 11) is 0. The number of hydrogen-bond donors (Lipinski definition) is 0. The Kier molecular flexibility index (Phi) is 5.81. The molecule has 0 saturated carbocycles. The lowest BCUT2D eigenvalue weighted by atomic mass is 10.1. The molecule has 2 heterocycles. The molecule has 1 aliphatic rings. The van der Waals surface area contributed by atoms with Crippen LogP contribution < -0.4 is 0 Å². The molecule has 0 bridgehead atoms. The fraction of sp³-hybridized carbons (Fsp3) is 0.625. The number of carbonyl (C=O) groups is 1. The summed E-state index contributed by atoms with van der Waals surface area (Å²) in [5.74, 6) is 0. The van der Waals surface area contributed by atoms with Crippen LogP contribution in [0.4, 0.5) is 4.79 Å². The summed E-state index contributed by atoms with van der Waals surface area (Å²) in [6.45, 7) is 7.56. The van der Waals surface area contributed by atoms with Crippen molar-refractivity contribution in [2.75, 3.05) is 13.1 Å². The first-order valence-corrected chi connectivity index (χ1v) is 8.33. The first-order chi connectivity index (χ1) is 10.3. The maximum absolute atomic E-state index is 12.0. The molecule has 0 radical (unpaired) electrons. The molecule has 1 aliphatic heterocycles. The number of halogens is 1. The van der Waals surface area contributed by atoms with Crippen LogP contribution in [-0.4, -0.2) is 40.8 Å². The summed E-state index contributed by atoms with van der Waals surface area (Å²) in [6.07, 6.45) is 3.43. The van der Waals surface area contributed by atoms with Crippen LogP contribution in [0.25, 0.3) is 0 Å². The van der Waals surface area contributed by atoms with Crippen molar-refractivity contribution in [3.05, 3.63) is 28.5 Å². The van der Waals surface area contributed by atoms with E-state index in [-0.39, 0.29) is 12.2 Å². The van der Waals surface area contributed by atoms with Crippen molar-refractivity contribution in [2.45, 2.75) is 51.9 Å². The molecule has 0 aromatic carbocycles. The monoisotopic (exact) mass is 370 g/mol. The summed E-state index contributed by atoms with van der Waals surface area (Å²) in [5, 5.41) is 0. The number of aromatic nitrogens is 1. The normalized spacial score (nSPS) is 16.6. The minimum atomic E-state index is -0.445. The van der Waals surface area contributed by atoms with Crippen LogP contribution in [0.3, 0.4) is 0 Å². The Morgan fingerprint density at radius 2 is 2.05 bits per heavy atom. The van der Waals surface area contributed by atoms with Gasteiger partial charge >= 0.3 is 6.09 Å². The van der Waals surface area contributed by atoms with E-state index in [9.17, 15) is 4.79 Å². The molecule has 1 amide bonds. The first kappa shape index (κ1) is 17.2. The SMILES string of the molecule is CC(C)(C)OC(=O)N1CCC(OCc2ccc(Br)nc2)CC1. The quantitative estimate of drug-likeness (QED) is 0.760. The van der Waals surface area contributed by atoms with Gasteiger partial charge in [0.25, 0.3) is 0 Å². The van der Waals surface area contributed by atoms with E-state index in [0.717, 1.165) is 23.0 Å². The number of hydrogen-bond acceptors (Lipinski definition) is 4. The van der Waals surface area contributed by atoms with Gasteiger partial charge in [0, 0.05) is 19.3 Å². The molecule has 1 fully saturated rings. The molecule has 122 valence electrons. The number of piperidine rings is 1. The van der Waals surface area contributed by atoms with Gasteiger partial charge in [0.2, 0.25) is 0 Å². The Balaban J connectivity index is 1.73. The van der Waals surface area contributed by atoms with Crippen LogP contribution in [0.1, 0.15) is 39.2 Å². The van der Waals surface area contributed by atoms with Crippen molar-refractivity contribution in [3.63, 3.8) is 0 Å². The molecule has 5 nitrogen and oxygen atoms in total. The number of nitrogens with zero attached hydrogens (tertiary/aromatic N) is 2. The van der Waals surface area contributed by atoms with Gasteiger partial charge in [-0.3, -0.25) is 0 Å². The third-order valence-electron chi connectivity index (χ3n) is 3.37. The number of pyridine rings is 1. The summed E-state index contributed by atoms with van der Waals surface area (Å²) in [5.41, 5.74) is 0.608. The van der Waals surface area contributed by atoms with Gasteiger partial charge in [-0.05, 0) is 61.2 Å². The summed E-state index contributed by atoms with van der Waals surface area (Å²) < 4.78 is 12.1. The largest absolute Gasteiger partial charge is 0.444 e. The standard InChI is InChI=1S/C16H23BrN2O3/c1-16(2,3)22-15(20)19-8-6-13(7-9-19)21-11-12-4-5-14(17)18-10-12/h4-5,10,13H,6-9,11H2,1-3H3. The highest BCUT2D eigenvalue weighted by molar-refractivity contribution is 9.10. The molecule has 0 spiro atoms. The molecule has 6 heteroatoms. The second-order valence-electron chi connectivity index (χ2n) is 6.47. The second kappa shape index (κ2) is 7.42. The Morgan fingerprint density at radius 1 is 1.36 bits per heavy atom. The van der Waals surface area contributed by atoms with Crippen molar-refractivity contribution < 1.29 is 14.3 Å². The predicted octanol–water partition coefficient (Wildman–Crippen LogP) is 3.76. The van der Waals surface area contributed by atoms with Gasteiger partial charge in [-0.25, -0.2) is 9.78 Å². The molecule has 2 rings (SSSR count). The van der Waals surface area contributed by atoms with Crippen molar-refractivity contribution in [1.82, 2.24) is 9.88 Å². The molecule has 0 atom stereocenters. The smallest absolute Gasteiger partial charge is 0.410 e. The second-order valence-corrected chi connectivity index (χ2v) is 7.28. The van der Waals surface area contributed by atoms with Crippen LogP contribution in [0.5, 0.6) is 0 Å². The number of likely N-dealkylation sites (tertiary alicyclic amines) is 1. The van der Waals surface area contributed by atoms with Crippen LogP contribution in [-0.2, 0) is 16.1 Å². The zero-order valence-corrected chi connectivity index (χ0v) is 14.9. The van der Waals surface area contributed by atoms with E-state index in [4.69, 9.17) is 9.47 Å². The molecular formula is C16H23BrN2O3. The zero-order chi connectivity index (χ0) is 16.2. The Bertz CT molecular complexity index is 491. The van der Waals surface area contributed by atoms with Crippen molar-refractivity contribution in [1.29, 1.82) is 0 Å². The van der Waals surface area contributed by atoms with E-state index >= 15 is 0 Å². The predicted molar refractivity (Wildman–Crippen MR) is 87.6 cm³/mol. The van der Waals surface area contributed by atoms with Gasteiger partial charge in [0.15, 0.2) is 0 Å². The summed E-state index contributed by atoms with van der Waals surface area (Å²) in [4.78, 5) is 17.9. The number of rotatable bonds is 3. The minimum Gasteiger partial charge on any atom is -0.444 e. The van der Waals surface area contributed by atoms with E-state index in [1.54, 1.807) is 11.1 Å². The Morgan fingerprint density at radius 3 is 2.59 bits per heavy atom. The number of ether oxygens (including phenoxy) is 2. The van der Waals surface area contributed by atoms with Crippen LogP contribution >= 0.6 is 15.9 Å². The van der Waals surface area contributed by atoms with E-state index < -0.39 is 5.60 Å². The summed E-state index contributed by atoms with van der Waals surface area (Å²) >= 11 is 3.31. The lowest BCUT2D eigenvalue weighted by molar-refractivity contribution is -0.0171. The highest BCUT2D eigenvalue weighted by Crippen LogP contribution is 2.18. The van der Waals surface area contributed by atoms with Gasteiger partial charge in [-0.1, -0.05) is 6.07 Å². The topological polar surface area (TPSA) is 51.7 Å². The van der Waals surface area contributed by atoms with Crippen molar-refractivity contribution in [2.24, 2.45) is 0 Å². The maximum Gasteiger partial charge on any atom is 0.410 e. The van der Waals surface area contributed by atoms with Gasteiger partial charge in [-0.2, -0.15) is 0 Å². The van der Waals surface area contributed by atoms with Gasteiger partial charge < -0.3 is 14.4 Å². The average Bonchev–Trinajstić information content (AvgIpc) is 2.45. The lowest BCUT2D eigenvalue weighted by Crippen LogP contribution is -2.43. The third-order valence-corrected chi connectivity index (χ3v) is 3.84. The molecule has 22 heavy (non-hydrogen) atoms. The van der Waals surface area contributed by atoms with Gasteiger partial charge in [0.05, 0.1) is 12.7 Å². The molecule has 1 aromatic heterocycles. The molecule has 0 N–H and O–H groups in total. The highest BCUT2D eigenvalue weighted by Gasteiger charge is 2.27. The van der Waals surface area contributed by atoms with Crippen LogP contribution in [0.15, 0.2) is 22.9 Å². The Hall–Kier alpha value is -1.14. The van der Waals surface area contributed by atoms with Gasteiger partial charge in [-0.15, -0.1) is 0 Å². The molecule has 1 aromatic rings.